The second-order valence-corrected chi connectivity index (χ2v) is 6.56. The van der Waals surface area contributed by atoms with Crippen molar-refractivity contribution in [2.75, 3.05) is 39.3 Å². The molecule has 0 aromatic carbocycles. The van der Waals surface area contributed by atoms with Crippen LogP contribution in [-0.2, 0) is 10.0 Å². The molecule has 7 nitrogen and oxygen atoms in total. The summed E-state index contributed by atoms with van der Waals surface area (Å²) in [4.78, 5) is 2.37. The minimum Gasteiger partial charge on any atom is -0.360 e. The van der Waals surface area contributed by atoms with E-state index >= 15 is 0 Å². The predicted octanol–water partition coefficient (Wildman–Crippen LogP) is -0.0218. The molecule has 2 heterocycles. The van der Waals surface area contributed by atoms with Crippen LogP contribution in [0.15, 0.2) is 9.42 Å². The molecule has 116 valence electrons. The monoisotopic (exact) mass is 324 g/mol. The maximum Gasteiger partial charge on any atom is 0.248 e. The van der Waals surface area contributed by atoms with Crippen molar-refractivity contribution in [3.63, 3.8) is 0 Å². The van der Waals surface area contributed by atoms with Crippen molar-refractivity contribution < 1.29 is 12.9 Å². The Kier molecular flexibility index (Phi) is 5.96. The SMILES string of the molecule is Cc1noc(C)c1S(=O)(=O)N1CCN(CCN)CC1.Cl. The van der Waals surface area contributed by atoms with Crippen molar-refractivity contribution in [3.8, 4) is 0 Å². The largest absolute Gasteiger partial charge is 0.360 e. The first-order chi connectivity index (χ1) is 8.96. The third-order valence-corrected chi connectivity index (χ3v) is 5.49. The molecule has 9 heteroatoms. The fraction of sp³-hybridized carbons (Fsp3) is 0.727. The first-order valence-electron chi connectivity index (χ1n) is 6.32. The van der Waals surface area contributed by atoms with Gasteiger partial charge in [0, 0.05) is 39.3 Å². The molecule has 2 N–H and O–H groups in total. The van der Waals surface area contributed by atoms with Crippen LogP contribution in [0.3, 0.4) is 0 Å². The summed E-state index contributed by atoms with van der Waals surface area (Å²) in [6.45, 7) is 7.04. The molecule has 20 heavy (non-hydrogen) atoms. The van der Waals surface area contributed by atoms with Gasteiger partial charge in [-0.25, -0.2) is 8.42 Å². The van der Waals surface area contributed by atoms with Gasteiger partial charge >= 0.3 is 0 Å². The minimum absolute atomic E-state index is 0. The lowest BCUT2D eigenvalue weighted by molar-refractivity contribution is 0.192. The maximum atomic E-state index is 12.5. The maximum absolute atomic E-state index is 12.5. The van der Waals surface area contributed by atoms with E-state index in [1.54, 1.807) is 13.8 Å². The molecule has 1 fully saturated rings. The fourth-order valence-electron chi connectivity index (χ4n) is 2.35. The molecule has 1 aromatic heterocycles. The van der Waals surface area contributed by atoms with Crippen LogP contribution in [0.5, 0.6) is 0 Å². The summed E-state index contributed by atoms with van der Waals surface area (Å²) in [5.41, 5.74) is 5.92. The van der Waals surface area contributed by atoms with Crippen LogP contribution in [-0.4, -0.2) is 62.0 Å². The van der Waals surface area contributed by atoms with Gasteiger partial charge in [-0.2, -0.15) is 4.31 Å². The van der Waals surface area contributed by atoms with E-state index in [2.05, 4.69) is 10.1 Å². The van der Waals surface area contributed by atoms with E-state index in [1.165, 1.54) is 4.31 Å². The van der Waals surface area contributed by atoms with E-state index in [0.717, 1.165) is 6.54 Å². The zero-order chi connectivity index (χ0) is 14.0. The second-order valence-electron chi connectivity index (χ2n) is 4.69. The van der Waals surface area contributed by atoms with Crippen molar-refractivity contribution in [1.82, 2.24) is 14.4 Å². The molecule has 2 rings (SSSR count). The summed E-state index contributed by atoms with van der Waals surface area (Å²) in [6, 6.07) is 0. The van der Waals surface area contributed by atoms with Crippen molar-refractivity contribution >= 4 is 22.4 Å². The molecule has 0 spiro atoms. The summed E-state index contributed by atoms with van der Waals surface area (Å²) < 4.78 is 31.5. The number of hydrogen-bond acceptors (Lipinski definition) is 6. The number of rotatable bonds is 4. The zero-order valence-corrected chi connectivity index (χ0v) is 13.3. The number of nitrogens with two attached hydrogens (primary N) is 1. The molecule has 0 atom stereocenters. The van der Waals surface area contributed by atoms with Gasteiger partial charge in [0.25, 0.3) is 0 Å². The van der Waals surface area contributed by atoms with Crippen LogP contribution >= 0.6 is 12.4 Å². The van der Waals surface area contributed by atoms with Crippen LogP contribution in [0, 0.1) is 13.8 Å². The molecule has 0 aliphatic carbocycles. The number of hydrogen-bond donors (Lipinski definition) is 1. The summed E-state index contributed by atoms with van der Waals surface area (Å²) in [5, 5.41) is 3.71. The van der Waals surface area contributed by atoms with Gasteiger partial charge in [-0.3, -0.25) is 4.90 Å². The fourth-order valence-corrected chi connectivity index (χ4v) is 4.06. The number of aryl methyl sites for hydroxylation is 2. The van der Waals surface area contributed by atoms with Crippen molar-refractivity contribution in [2.24, 2.45) is 5.73 Å². The van der Waals surface area contributed by atoms with E-state index in [9.17, 15) is 8.42 Å². The lowest BCUT2D eigenvalue weighted by Crippen LogP contribution is -2.49. The molecule has 0 bridgehead atoms. The second kappa shape index (κ2) is 6.86. The van der Waals surface area contributed by atoms with Crippen LogP contribution in [0.4, 0.5) is 0 Å². The molecule has 0 unspecified atom stereocenters. The molecule has 1 aliphatic rings. The minimum atomic E-state index is -3.50. The highest BCUT2D eigenvalue weighted by Crippen LogP contribution is 2.23. The predicted molar refractivity (Wildman–Crippen MR) is 77.5 cm³/mol. The Morgan fingerprint density at radius 2 is 1.85 bits per heavy atom. The van der Waals surface area contributed by atoms with Crippen LogP contribution in [0.25, 0.3) is 0 Å². The average molecular weight is 325 g/mol. The van der Waals surface area contributed by atoms with Crippen molar-refractivity contribution in [3.05, 3.63) is 11.5 Å². The molecule has 0 saturated carbocycles. The summed E-state index contributed by atoms with van der Waals surface area (Å²) in [7, 11) is -3.50. The standard InChI is InChI=1S/C11H20N4O3S.ClH/c1-9-11(10(2)18-13-9)19(16,17)15-7-5-14(4-3-12)6-8-15;/h3-8,12H2,1-2H3;1H. The topological polar surface area (TPSA) is 92.7 Å². The summed E-state index contributed by atoms with van der Waals surface area (Å²) in [5.74, 6) is 0.349. The number of halogens is 1. The van der Waals surface area contributed by atoms with E-state index in [4.69, 9.17) is 10.3 Å². The van der Waals surface area contributed by atoms with Crippen LogP contribution in [0.2, 0.25) is 0 Å². The molecule has 1 aromatic rings. The van der Waals surface area contributed by atoms with Gasteiger partial charge in [0.1, 0.15) is 10.6 Å². The third kappa shape index (κ3) is 3.32. The van der Waals surface area contributed by atoms with E-state index in [1.807, 2.05) is 0 Å². The Bertz CT molecular complexity index is 518. The normalized spacial score (nSPS) is 17.9. The Balaban J connectivity index is 0.00000200. The van der Waals surface area contributed by atoms with Crippen LogP contribution in [0.1, 0.15) is 11.5 Å². The molecular formula is C11H21ClN4O3S. The van der Waals surface area contributed by atoms with Crippen molar-refractivity contribution in [1.29, 1.82) is 0 Å². The van der Waals surface area contributed by atoms with E-state index < -0.39 is 10.0 Å². The van der Waals surface area contributed by atoms with Gasteiger partial charge in [0.15, 0.2) is 5.76 Å². The molecule has 0 radical (unpaired) electrons. The lowest BCUT2D eigenvalue weighted by atomic mass is 10.3. The smallest absolute Gasteiger partial charge is 0.248 e. The quantitative estimate of drug-likeness (QED) is 0.836. The van der Waals surface area contributed by atoms with Gasteiger partial charge in [-0.1, -0.05) is 5.16 Å². The number of sulfonamides is 1. The molecule has 0 amide bonds. The van der Waals surface area contributed by atoms with E-state index in [0.29, 0.717) is 44.2 Å². The number of aromatic nitrogens is 1. The number of nitrogens with zero attached hydrogens (tertiary/aromatic N) is 3. The molecule has 1 saturated heterocycles. The third-order valence-electron chi connectivity index (χ3n) is 3.34. The Labute approximate surface area is 125 Å². The Morgan fingerprint density at radius 3 is 2.30 bits per heavy atom. The first kappa shape index (κ1) is 17.4. The van der Waals surface area contributed by atoms with Gasteiger partial charge < -0.3 is 10.3 Å². The first-order valence-corrected chi connectivity index (χ1v) is 7.76. The van der Waals surface area contributed by atoms with Crippen molar-refractivity contribution in [2.45, 2.75) is 18.7 Å². The Hall–Kier alpha value is -0.670. The number of piperazine rings is 1. The van der Waals surface area contributed by atoms with Gasteiger partial charge in [0.05, 0.1) is 0 Å². The summed E-state index contributed by atoms with van der Waals surface area (Å²) >= 11 is 0. The van der Waals surface area contributed by atoms with E-state index in [-0.39, 0.29) is 17.3 Å². The highest BCUT2D eigenvalue weighted by atomic mass is 35.5. The highest BCUT2D eigenvalue weighted by molar-refractivity contribution is 7.89. The van der Waals surface area contributed by atoms with Crippen LogP contribution < -0.4 is 5.73 Å². The van der Waals surface area contributed by atoms with Gasteiger partial charge in [-0.15, -0.1) is 12.4 Å². The summed E-state index contributed by atoms with van der Waals surface area (Å²) in [6.07, 6.45) is 0. The molecule has 1 aliphatic heterocycles. The van der Waals surface area contributed by atoms with Gasteiger partial charge in [0.2, 0.25) is 10.0 Å². The average Bonchev–Trinajstić information content (AvgIpc) is 2.70. The lowest BCUT2D eigenvalue weighted by Gasteiger charge is -2.33. The highest BCUT2D eigenvalue weighted by Gasteiger charge is 2.32. The molecular weight excluding hydrogens is 304 g/mol. The van der Waals surface area contributed by atoms with Gasteiger partial charge in [-0.05, 0) is 13.8 Å². The zero-order valence-electron chi connectivity index (χ0n) is 11.7. The Morgan fingerprint density at radius 1 is 1.25 bits per heavy atom.